The molecular weight excluding hydrogens is 318 g/mol. The molecular formula is C12H13BrF2N4. The van der Waals surface area contributed by atoms with Crippen molar-refractivity contribution in [1.82, 2.24) is 14.8 Å². The van der Waals surface area contributed by atoms with Crippen molar-refractivity contribution in [3.63, 3.8) is 0 Å². The zero-order valence-electron chi connectivity index (χ0n) is 10.5. The van der Waals surface area contributed by atoms with Gasteiger partial charge in [-0.15, -0.1) is 0 Å². The van der Waals surface area contributed by atoms with Gasteiger partial charge in [0.25, 0.3) is 0 Å². The summed E-state index contributed by atoms with van der Waals surface area (Å²) in [4.78, 5) is 4.11. The molecule has 0 bridgehead atoms. The lowest BCUT2D eigenvalue weighted by Gasteiger charge is -2.12. The fourth-order valence-electron chi connectivity index (χ4n) is 1.71. The first-order chi connectivity index (χ1) is 8.99. The Kier molecular flexibility index (Phi) is 4.14. The summed E-state index contributed by atoms with van der Waals surface area (Å²) >= 11 is 3.12. The molecule has 1 N–H and O–H groups in total. The van der Waals surface area contributed by atoms with E-state index in [2.05, 4.69) is 31.3 Å². The SMILES string of the molecule is CC(C)n1ncnc1CNc1c(F)cc(F)cc1Br. The lowest BCUT2D eigenvalue weighted by atomic mass is 10.3. The zero-order valence-corrected chi connectivity index (χ0v) is 12.1. The van der Waals surface area contributed by atoms with Crippen LogP contribution in [0.4, 0.5) is 14.5 Å². The minimum absolute atomic E-state index is 0.167. The number of nitrogens with zero attached hydrogens (tertiary/aromatic N) is 3. The zero-order chi connectivity index (χ0) is 14.0. The van der Waals surface area contributed by atoms with E-state index in [0.717, 1.165) is 6.07 Å². The summed E-state index contributed by atoms with van der Waals surface area (Å²) < 4.78 is 28.7. The van der Waals surface area contributed by atoms with E-state index >= 15 is 0 Å². The Hall–Kier alpha value is -1.50. The van der Waals surface area contributed by atoms with E-state index in [9.17, 15) is 8.78 Å². The maximum Gasteiger partial charge on any atom is 0.150 e. The Labute approximate surface area is 118 Å². The molecule has 2 rings (SSSR count). The van der Waals surface area contributed by atoms with Gasteiger partial charge in [-0.1, -0.05) is 0 Å². The van der Waals surface area contributed by atoms with Crippen LogP contribution in [-0.4, -0.2) is 14.8 Å². The highest BCUT2D eigenvalue weighted by Crippen LogP contribution is 2.27. The maximum atomic E-state index is 13.6. The molecule has 0 aliphatic carbocycles. The van der Waals surface area contributed by atoms with Gasteiger partial charge in [-0.3, -0.25) is 0 Å². The molecule has 0 saturated heterocycles. The van der Waals surface area contributed by atoms with Crippen LogP contribution in [0, 0.1) is 11.6 Å². The summed E-state index contributed by atoms with van der Waals surface area (Å²) in [5.41, 5.74) is 0.208. The fraction of sp³-hybridized carbons (Fsp3) is 0.333. The third-order valence-electron chi connectivity index (χ3n) is 2.57. The lowest BCUT2D eigenvalue weighted by molar-refractivity contribution is 0.508. The molecule has 7 heteroatoms. The summed E-state index contributed by atoms with van der Waals surface area (Å²) in [5.74, 6) is -0.589. The van der Waals surface area contributed by atoms with Gasteiger partial charge in [0, 0.05) is 16.6 Å². The van der Waals surface area contributed by atoms with Crippen LogP contribution in [0.3, 0.4) is 0 Å². The molecule has 1 aromatic heterocycles. The first-order valence-electron chi connectivity index (χ1n) is 5.76. The van der Waals surface area contributed by atoms with Gasteiger partial charge in [-0.25, -0.2) is 18.4 Å². The molecule has 0 spiro atoms. The van der Waals surface area contributed by atoms with Crippen molar-refractivity contribution in [3.8, 4) is 0 Å². The molecule has 0 radical (unpaired) electrons. The Balaban J connectivity index is 2.17. The smallest absolute Gasteiger partial charge is 0.150 e. The highest BCUT2D eigenvalue weighted by Gasteiger charge is 2.12. The van der Waals surface area contributed by atoms with Gasteiger partial charge in [-0.05, 0) is 35.8 Å². The van der Waals surface area contributed by atoms with E-state index < -0.39 is 11.6 Å². The van der Waals surface area contributed by atoms with Crippen molar-refractivity contribution in [2.45, 2.75) is 26.4 Å². The standard InChI is InChI=1S/C12H13BrF2N4/c1-7(2)19-11(17-6-18-19)5-16-12-9(13)3-8(14)4-10(12)15/h3-4,6-7,16H,5H2,1-2H3. The minimum Gasteiger partial charge on any atom is -0.374 e. The molecule has 2 aromatic rings. The van der Waals surface area contributed by atoms with Crippen LogP contribution >= 0.6 is 15.9 Å². The van der Waals surface area contributed by atoms with E-state index in [1.165, 1.54) is 12.4 Å². The fourth-order valence-corrected chi connectivity index (χ4v) is 2.26. The maximum absolute atomic E-state index is 13.6. The second-order valence-corrected chi connectivity index (χ2v) is 5.17. The number of aromatic nitrogens is 3. The van der Waals surface area contributed by atoms with Crippen molar-refractivity contribution in [3.05, 3.63) is 40.4 Å². The number of benzene rings is 1. The third kappa shape index (κ3) is 3.09. The quantitative estimate of drug-likeness (QED) is 0.932. The van der Waals surface area contributed by atoms with Gasteiger partial charge in [0.05, 0.1) is 12.2 Å². The highest BCUT2D eigenvalue weighted by atomic mass is 79.9. The summed E-state index contributed by atoms with van der Waals surface area (Å²) in [6.07, 6.45) is 1.45. The van der Waals surface area contributed by atoms with Crippen LogP contribution in [0.1, 0.15) is 25.7 Å². The van der Waals surface area contributed by atoms with Crippen LogP contribution in [0.2, 0.25) is 0 Å². The van der Waals surface area contributed by atoms with Crippen molar-refractivity contribution >= 4 is 21.6 Å². The van der Waals surface area contributed by atoms with E-state index in [0.29, 0.717) is 16.8 Å². The Morgan fingerprint density at radius 1 is 1.37 bits per heavy atom. The number of nitrogens with one attached hydrogen (secondary N) is 1. The molecule has 0 saturated carbocycles. The van der Waals surface area contributed by atoms with Gasteiger partial charge in [0.15, 0.2) is 0 Å². The van der Waals surface area contributed by atoms with E-state index in [1.54, 1.807) is 4.68 Å². The molecule has 0 atom stereocenters. The van der Waals surface area contributed by atoms with Crippen molar-refractivity contribution < 1.29 is 8.78 Å². The van der Waals surface area contributed by atoms with E-state index in [4.69, 9.17) is 0 Å². The monoisotopic (exact) mass is 330 g/mol. The van der Waals surface area contributed by atoms with Crippen molar-refractivity contribution in [2.24, 2.45) is 0 Å². The number of anilines is 1. The minimum atomic E-state index is -0.650. The normalized spacial score (nSPS) is 11.1. The molecule has 0 amide bonds. The lowest BCUT2D eigenvalue weighted by Crippen LogP contribution is -2.12. The van der Waals surface area contributed by atoms with Gasteiger partial charge in [0.2, 0.25) is 0 Å². The number of hydrogen-bond acceptors (Lipinski definition) is 3. The third-order valence-corrected chi connectivity index (χ3v) is 3.19. The van der Waals surface area contributed by atoms with Crippen LogP contribution in [0.15, 0.2) is 22.9 Å². The van der Waals surface area contributed by atoms with Gasteiger partial charge < -0.3 is 5.32 Å². The topological polar surface area (TPSA) is 42.7 Å². The van der Waals surface area contributed by atoms with Gasteiger partial charge in [-0.2, -0.15) is 5.10 Å². The molecule has 1 aromatic carbocycles. The van der Waals surface area contributed by atoms with E-state index in [-0.39, 0.29) is 11.7 Å². The van der Waals surface area contributed by atoms with Gasteiger partial charge in [0.1, 0.15) is 23.8 Å². The highest BCUT2D eigenvalue weighted by molar-refractivity contribution is 9.10. The molecule has 1 heterocycles. The second kappa shape index (κ2) is 5.64. The van der Waals surface area contributed by atoms with Crippen LogP contribution in [0.25, 0.3) is 0 Å². The second-order valence-electron chi connectivity index (χ2n) is 4.31. The summed E-state index contributed by atoms with van der Waals surface area (Å²) in [7, 11) is 0. The largest absolute Gasteiger partial charge is 0.374 e. The molecule has 19 heavy (non-hydrogen) atoms. The summed E-state index contributed by atoms with van der Waals surface area (Å²) in [5, 5.41) is 6.98. The first-order valence-corrected chi connectivity index (χ1v) is 6.55. The Morgan fingerprint density at radius 3 is 2.74 bits per heavy atom. The Morgan fingerprint density at radius 2 is 2.11 bits per heavy atom. The number of rotatable bonds is 4. The van der Waals surface area contributed by atoms with Crippen LogP contribution in [0.5, 0.6) is 0 Å². The van der Waals surface area contributed by atoms with Crippen molar-refractivity contribution in [2.75, 3.05) is 5.32 Å². The van der Waals surface area contributed by atoms with Crippen LogP contribution in [-0.2, 0) is 6.54 Å². The molecule has 0 aliphatic rings. The average Bonchev–Trinajstić information content (AvgIpc) is 2.75. The molecule has 0 unspecified atom stereocenters. The van der Waals surface area contributed by atoms with Gasteiger partial charge >= 0.3 is 0 Å². The molecule has 102 valence electrons. The Bertz CT molecular complexity index is 560. The summed E-state index contributed by atoms with van der Waals surface area (Å²) in [6.45, 7) is 4.26. The first kappa shape index (κ1) is 13.9. The number of hydrogen-bond donors (Lipinski definition) is 1. The predicted molar refractivity (Wildman–Crippen MR) is 71.8 cm³/mol. The van der Waals surface area contributed by atoms with E-state index in [1.807, 2.05) is 13.8 Å². The van der Waals surface area contributed by atoms with Crippen molar-refractivity contribution in [1.29, 1.82) is 0 Å². The molecule has 0 aliphatic heterocycles. The predicted octanol–water partition coefficient (Wildman–Crippen LogP) is 3.51. The van der Waals surface area contributed by atoms with Crippen LogP contribution < -0.4 is 5.32 Å². The number of halogens is 3. The average molecular weight is 331 g/mol. The molecule has 4 nitrogen and oxygen atoms in total. The summed E-state index contributed by atoms with van der Waals surface area (Å²) in [6, 6.07) is 2.21. The molecule has 0 fully saturated rings.